The molecule has 4 rings (SSSR count). The summed E-state index contributed by atoms with van der Waals surface area (Å²) in [6.07, 6.45) is 3.88. The third-order valence-electron chi connectivity index (χ3n) is 4.17. The van der Waals surface area contributed by atoms with Crippen molar-refractivity contribution in [2.75, 3.05) is 18.8 Å². The molecule has 1 aliphatic rings. The average Bonchev–Trinajstić information content (AvgIpc) is 3.17. The number of nitrogens with two attached hydrogens (primary N) is 1. The molecular weight excluding hydrogens is 334 g/mol. The first-order valence-electron chi connectivity index (χ1n) is 8.29. The maximum absolute atomic E-state index is 12.3. The first kappa shape index (κ1) is 17.2. The van der Waals surface area contributed by atoms with E-state index in [9.17, 15) is 4.79 Å². The highest BCUT2D eigenvalue weighted by molar-refractivity contribution is 6.30. The van der Waals surface area contributed by atoms with Crippen molar-refractivity contribution in [3.05, 3.63) is 71.4 Å². The highest BCUT2D eigenvalue weighted by Gasteiger charge is 2.19. The van der Waals surface area contributed by atoms with Gasteiger partial charge in [0.15, 0.2) is 0 Å². The van der Waals surface area contributed by atoms with Gasteiger partial charge in [0.25, 0.3) is 5.91 Å². The number of anilines is 1. The molecule has 3 aromatic rings. The van der Waals surface area contributed by atoms with Gasteiger partial charge in [0.05, 0.1) is 0 Å². The number of nitrogens with zero attached hydrogens (tertiary/aromatic N) is 2. The fraction of sp³-hybridized carbons (Fsp3) is 0.200. The van der Waals surface area contributed by atoms with Gasteiger partial charge in [-0.2, -0.15) is 0 Å². The fourth-order valence-electron chi connectivity index (χ4n) is 2.85. The van der Waals surface area contributed by atoms with E-state index in [1.165, 1.54) is 0 Å². The topological polar surface area (TPSA) is 59.2 Å². The molecular formula is C20H20ClN3O. The van der Waals surface area contributed by atoms with Crippen LogP contribution < -0.4 is 5.73 Å². The number of fused-ring (bicyclic) bond motifs is 1. The molecule has 1 amide bonds. The van der Waals surface area contributed by atoms with Gasteiger partial charge in [0.1, 0.15) is 5.82 Å². The van der Waals surface area contributed by atoms with Gasteiger partial charge in [-0.25, -0.2) is 4.98 Å². The predicted molar refractivity (Wildman–Crippen MR) is 103 cm³/mol. The summed E-state index contributed by atoms with van der Waals surface area (Å²) in [6, 6.07) is 16.9. The summed E-state index contributed by atoms with van der Waals surface area (Å²) in [7, 11) is 0. The molecule has 1 aliphatic heterocycles. The standard InChI is InChI=1S/C14H15N3O.C6H5Cl/c15-13-12-4-3-11(9-10(12)5-6-16-13)14(18)17-7-1-2-8-17;7-6-4-2-1-3-5-6/h3-6,9H,1-2,7-8H2,(H2,15,16);1-5H. The van der Waals surface area contributed by atoms with Crippen molar-refractivity contribution in [1.82, 2.24) is 9.88 Å². The van der Waals surface area contributed by atoms with Crippen LogP contribution in [0.2, 0.25) is 5.02 Å². The van der Waals surface area contributed by atoms with E-state index in [2.05, 4.69) is 4.98 Å². The minimum absolute atomic E-state index is 0.116. The van der Waals surface area contributed by atoms with Crippen LogP contribution in [0.3, 0.4) is 0 Å². The first-order chi connectivity index (χ1) is 12.1. The van der Waals surface area contributed by atoms with E-state index in [-0.39, 0.29) is 5.91 Å². The van der Waals surface area contributed by atoms with Gasteiger partial charge in [-0.05, 0) is 54.6 Å². The second kappa shape index (κ2) is 7.99. The van der Waals surface area contributed by atoms with Gasteiger partial charge in [-0.1, -0.05) is 29.8 Å². The quantitative estimate of drug-likeness (QED) is 0.705. The Kier molecular flexibility index (Phi) is 5.51. The van der Waals surface area contributed by atoms with Crippen molar-refractivity contribution < 1.29 is 4.79 Å². The van der Waals surface area contributed by atoms with Crippen LogP contribution in [0, 0.1) is 0 Å². The van der Waals surface area contributed by atoms with E-state index in [0.717, 1.165) is 47.3 Å². The van der Waals surface area contributed by atoms with Crippen LogP contribution in [0.15, 0.2) is 60.8 Å². The number of benzene rings is 2. The van der Waals surface area contributed by atoms with Crippen molar-refractivity contribution in [3.63, 3.8) is 0 Å². The van der Waals surface area contributed by atoms with Crippen molar-refractivity contribution in [2.24, 2.45) is 0 Å². The number of carbonyl (C=O) groups is 1. The number of hydrogen-bond donors (Lipinski definition) is 1. The minimum atomic E-state index is 0.116. The highest BCUT2D eigenvalue weighted by atomic mass is 35.5. The zero-order chi connectivity index (χ0) is 17.6. The van der Waals surface area contributed by atoms with E-state index < -0.39 is 0 Å². The molecule has 0 spiro atoms. The van der Waals surface area contributed by atoms with Crippen LogP contribution in [0.5, 0.6) is 0 Å². The van der Waals surface area contributed by atoms with Crippen LogP contribution in [0.1, 0.15) is 23.2 Å². The Labute approximate surface area is 152 Å². The maximum atomic E-state index is 12.3. The molecule has 0 unspecified atom stereocenters. The number of likely N-dealkylation sites (tertiary alicyclic amines) is 1. The lowest BCUT2D eigenvalue weighted by Crippen LogP contribution is -2.27. The normalized spacial score (nSPS) is 13.4. The Bertz CT molecular complexity index is 861. The van der Waals surface area contributed by atoms with Crippen molar-refractivity contribution in [1.29, 1.82) is 0 Å². The van der Waals surface area contributed by atoms with Gasteiger partial charge in [0.2, 0.25) is 0 Å². The number of halogens is 1. The average molecular weight is 354 g/mol. The number of amides is 1. The summed E-state index contributed by atoms with van der Waals surface area (Å²) in [6.45, 7) is 1.74. The largest absolute Gasteiger partial charge is 0.383 e. The zero-order valence-corrected chi connectivity index (χ0v) is 14.6. The number of aromatic nitrogens is 1. The monoisotopic (exact) mass is 353 g/mol. The third-order valence-corrected chi connectivity index (χ3v) is 4.42. The summed E-state index contributed by atoms with van der Waals surface area (Å²) >= 11 is 5.54. The summed E-state index contributed by atoms with van der Waals surface area (Å²) in [5, 5.41) is 2.66. The first-order valence-corrected chi connectivity index (χ1v) is 8.67. The molecule has 25 heavy (non-hydrogen) atoms. The van der Waals surface area contributed by atoms with E-state index in [4.69, 9.17) is 17.3 Å². The lowest BCUT2D eigenvalue weighted by molar-refractivity contribution is 0.0793. The number of nitrogen functional groups attached to an aromatic ring is 1. The molecule has 2 N–H and O–H groups in total. The molecule has 4 nitrogen and oxygen atoms in total. The van der Waals surface area contributed by atoms with Crippen LogP contribution in [-0.2, 0) is 0 Å². The molecule has 5 heteroatoms. The Hall–Kier alpha value is -2.59. The molecule has 0 atom stereocenters. The van der Waals surface area contributed by atoms with Crippen molar-refractivity contribution in [2.45, 2.75) is 12.8 Å². The molecule has 128 valence electrons. The molecule has 2 aromatic carbocycles. The lowest BCUT2D eigenvalue weighted by Gasteiger charge is -2.15. The molecule has 0 radical (unpaired) electrons. The van der Waals surface area contributed by atoms with Crippen molar-refractivity contribution >= 4 is 34.1 Å². The molecule has 0 saturated carbocycles. The number of pyridine rings is 1. The maximum Gasteiger partial charge on any atom is 0.253 e. The van der Waals surface area contributed by atoms with Gasteiger partial charge >= 0.3 is 0 Å². The number of hydrogen-bond acceptors (Lipinski definition) is 3. The number of rotatable bonds is 1. The van der Waals surface area contributed by atoms with Gasteiger partial charge < -0.3 is 10.6 Å². The van der Waals surface area contributed by atoms with Crippen LogP contribution in [-0.4, -0.2) is 28.9 Å². The Morgan fingerprint density at radius 2 is 1.76 bits per heavy atom. The second-order valence-electron chi connectivity index (χ2n) is 5.93. The predicted octanol–water partition coefficient (Wildman–Crippen LogP) is 4.39. The zero-order valence-electron chi connectivity index (χ0n) is 13.9. The van der Waals surface area contributed by atoms with Crippen LogP contribution >= 0.6 is 11.6 Å². The summed E-state index contributed by atoms with van der Waals surface area (Å²) in [4.78, 5) is 18.2. The molecule has 1 fully saturated rings. The van der Waals surface area contributed by atoms with E-state index >= 15 is 0 Å². The Morgan fingerprint density at radius 3 is 2.40 bits per heavy atom. The number of carbonyl (C=O) groups excluding carboxylic acids is 1. The van der Waals surface area contributed by atoms with Crippen molar-refractivity contribution in [3.8, 4) is 0 Å². The highest BCUT2D eigenvalue weighted by Crippen LogP contribution is 2.21. The third kappa shape index (κ3) is 4.28. The minimum Gasteiger partial charge on any atom is -0.383 e. The van der Waals surface area contributed by atoms with E-state index in [1.54, 1.807) is 6.20 Å². The molecule has 0 aliphatic carbocycles. The second-order valence-corrected chi connectivity index (χ2v) is 6.36. The fourth-order valence-corrected chi connectivity index (χ4v) is 3.00. The Morgan fingerprint density at radius 1 is 1.04 bits per heavy atom. The summed E-state index contributed by atoms with van der Waals surface area (Å²) in [5.41, 5.74) is 6.53. The Balaban J connectivity index is 0.000000219. The van der Waals surface area contributed by atoms with Gasteiger partial charge in [0, 0.05) is 35.3 Å². The van der Waals surface area contributed by atoms with Gasteiger partial charge in [-0.3, -0.25) is 4.79 Å². The SMILES string of the molecule is Clc1ccccc1.Nc1nccc2cc(C(=O)N3CCCC3)ccc12. The van der Waals surface area contributed by atoms with Gasteiger partial charge in [-0.15, -0.1) is 0 Å². The van der Waals surface area contributed by atoms with E-state index in [0.29, 0.717) is 5.82 Å². The lowest BCUT2D eigenvalue weighted by atomic mass is 10.1. The molecule has 0 bridgehead atoms. The van der Waals surface area contributed by atoms with Crippen LogP contribution in [0.4, 0.5) is 5.82 Å². The molecule has 1 aromatic heterocycles. The molecule has 2 heterocycles. The van der Waals surface area contributed by atoms with Crippen LogP contribution in [0.25, 0.3) is 10.8 Å². The smallest absolute Gasteiger partial charge is 0.253 e. The summed E-state index contributed by atoms with van der Waals surface area (Å²) < 4.78 is 0. The molecule has 1 saturated heterocycles. The summed E-state index contributed by atoms with van der Waals surface area (Å²) in [5.74, 6) is 0.623. The van der Waals surface area contributed by atoms with E-state index in [1.807, 2.05) is 59.5 Å².